The Morgan fingerprint density at radius 2 is 2.06 bits per heavy atom. The maximum absolute atomic E-state index is 13.5. The molecule has 1 atom stereocenters. The average Bonchev–Trinajstić information content (AvgIpc) is 3.46. The van der Waals surface area contributed by atoms with E-state index in [1.54, 1.807) is 29.5 Å². The van der Waals surface area contributed by atoms with Gasteiger partial charge in [0, 0.05) is 11.1 Å². The Bertz CT molecular complexity index is 1260. The van der Waals surface area contributed by atoms with Crippen molar-refractivity contribution in [2.75, 3.05) is 0 Å². The molecule has 3 aromatic heterocycles. The van der Waals surface area contributed by atoms with Crippen molar-refractivity contribution in [2.45, 2.75) is 55.5 Å². The van der Waals surface area contributed by atoms with Crippen LogP contribution in [0.25, 0.3) is 21.7 Å². The molecule has 160 valence electrons. The molecule has 0 N–H and O–H groups in total. The second-order valence-electron chi connectivity index (χ2n) is 7.71. The summed E-state index contributed by atoms with van der Waals surface area (Å²) < 4.78 is 7.80. The lowest BCUT2D eigenvalue weighted by atomic mass is 9.95. The van der Waals surface area contributed by atoms with Gasteiger partial charge < -0.3 is 4.42 Å². The van der Waals surface area contributed by atoms with E-state index in [0.29, 0.717) is 32.9 Å². The van der Waals surface area contributed by atoms with Crippen LogP contribution in [0, 0.1) is 0 Å². The number of halogens is 1. The van der Waals surface area contributed by atoms with Gasteiger partial charge in [-0.05, 0) is 49.4 Å². The number of nitrogens with zero attached hydrogens (tertiary/aromatic N) is 4. The predicted octanol–water partition coefficient (Wildman–Crippen LogP) is 6.52. The lowest BCUT2D eigenvalue weighted by molar-refractivity contribution is 0.326. The minimum absolute atomic E-state index is 0.00642. The summed E-state index contributed by atoms with van der Waals surface area (Å²) in [6.07, 6.45) is 5.46. The third-order valence-corrected chi connectivity index (χ3v) is 7.72. The zero-order valence-corrected chi connectivity index (χ0v) is 19.3. The largest absolute Gasteiger partial charge is 0.419 e. The van der Waals surface area contributed by atoms with E-state index < -0.39 is 0 Å². The first-order valence-electron chi connectivity index (χ1n) is 10.4. The maximum Gasteiger partial charge on any atom is 0.262 e. The van der Waals surface area contributed by atoms with Crippen molar-refractivity contribution in [2.24, 2.45) is 0 Å². The number of thioether (sulfide) groups is 1. The van der Waals surface area contributed by atoms with Gasteiger partial charge in [0.15, 0.2) is 5.16 Å². The van der Waals surface area contributed by atoms with Gasteiger partial charge in [-0.3, -0.25) is 9.36 Å². The Morgan fingerprint density at radius 3 is 2.84 bits per heavy atom. The number of thiophene rings is 1. The molecule has 31 heavy (non-hydrogen) atoms. The number of rotatable bonds is 5. The monoisotopic (exact) mass is 472 g/mol. The van der Waals surface area contributed by atoms with E-state index in [9.17, 15) is 4.79 Å². The third kappa shape index (κ3) is 4.16. The summed E-state index contributed by atoms with van der Waals surface area (Å²) in [6.45, 7) is 2.00. The van der Waals surface area contributed by atoms with Gasteiger partial charge in [-0.1, -0.05) is 48.7 Å². The van der Waals surface area contributed by atoms with E-state index in [1.165, 1.54) is 18.2 Å². The highest BCUT2D eigenvalue weighted by Gasteiger charge is 2.25. The van der Waals surface area contributed by atoms with Gasteiger partial charge in [0.2, 0.25) is 5.89 Å². The molecule has 1 fully saturated rings. The third-order valence-electron chi connectivity index (χ3n) is 5.57. The van der Waals surface area contributed by atoms with Gasteiger partial charge in [0.1, 0.15) is 0 Å². The first-order valence-corrected chi connectivity index (χ1v) is 12.5. The fraction of sp³-hybridized carbons (Fsp3) is 0.364. The standard InChI is InChI=1S/C22H21ClN4O2S2/c1-13(19-25-26-20(29-19)18-8-5-11-30-18)31-22-24-17-12-14(23)9-10-16(17)21(28)27(22)15-6-3-2-4-7-15/h5,8-13,15H,2-4,6-7H2,1H3/t13-/m0/s1. The van der Waals surface area contributed by atoms with Crippen molar-refractivity contribution in [3.8, 4) is 10.8 Å². The Labute approximate surface area is 192 Å². The smallest absolute Gasteiger partial charge is 0.262 e. The van der Waals surface area contributed by atoms with E-state index in [0.717, 1.165) is 30.6 Å². The Morgan fingerprint density at radius 1 is 1.23 bits per heavy atom. The van der Waals surface area contributed by atoms with E-state index in [1.807, 2.05) is 29.0 Å². The number of fused-ring (bicyclic) bond motifs is 1. The van der Waals surface area contributed by atoms with E-state index in [4.69, 9.17) is 21.0 Å². The Kier molecular flexibility index (Phi) is 5.86. The minimum Gasteiger partial charge on any atom is -0.419 e. The molecule has 6 nitrogen and oxygen atoms in total. The molecular weight excluding hydrogens is 452 g/mol. The van der Waals surface area contributed by atoms with Gasteiger partial charge >= 0.3 is 0 Å². The molecule has 0 bridgehead atoms. The van der Waals surface area contributed by atoms with Gasteiger partial charge in [-0.15, -0.1) is 21.5 Å². The number of aromatic nitrogens is 4. The summed E-state index contributed by atoms with van der Waals surface area (Å²) in [5, 5.41) is 12.1. The molecule has 0 amide bonds. The van der Waals surface area contributed by atoms with Crippen LogP contribution < -0.4 is 5.56 Å². The second-order valence-corrected chi connectivity index (χ2v) is 10.4. The fourth-order valence-electron chi connectivity index (χ4n) is 4.00. The SMILES string of the molecule is C[C@H](Sc1nc2cc(Cl)ccc2c(=O)n1C1CCCCC1)c1nnc(-c2cccs2)o1. The molecule has 0 aliphatic heterocycles. The average molecular weight is 473 g/mol. The van der Waals surface area contributed by atoms with E-state index in [-0.39, 0.29) is 16.9 Å². The lowest BCUT2D eigenvalue weighted by Gasteiger charge is -2.26. The van der Waals surface area contributed by atoms with Crippen molar-refractivity contribution in [1.82, 2.24) is 19.7 Å². The summed E-state index contributed by atoms with van der Waals surface area (Å²) in [5.74, 6) is 1.03. The van der Waals surface area contributed by atoms with Crippen molar-refractivity contribution >= 4 is 45.6 Å². The number of hydrogen-bond donors (Lipinski definition) is 0. The van der Waals surface area contributed by atoms with Crippen molar-refractivity contribution in [3.63, 3.8) is 0 Å². The van der Waals surface area contributed by atoms with Crippen LogP contribution in [0.1, 0.15) is 56.2 Å². The Balaban J connectivity index is 1.53. The van der Waals surface area contributed by atoms with Crippen molar-refractivity contribution in [3.05, 3.63) is 57.0 Å². The first kappa shape index (κ1) is 20.7. The highest BCUT2D eigenvalue weighted by Crippen LogP contribution is 2.38. The zero-order valence-electron chi connectivity index (χ0n) is 17.0. The molecular formula is C22H21ClN4O2S2. The lowest BCUT2D eigenvalue weighted by Crippen LogP contribution is -2.29. The van der Waals surface area contributed by atoms with Gasteiger partial charge in [0.05, 0.1) is 21.0 Å². The van der Waals surface area contributed by atoms with Crippen LogP contribution in [0.5, 0.6) is 0 Å². The number of benzene rings is 1. The highest BCUT2D eigenvalue weighted by molar-refractivity contribution is 7.99. The van der Waals surface area contributed by atoms with Crippen LogP contribution in [-0.4, -0.2) is 19.7 Å². The van der Waals surface area contributed by atoms with Gasteiger partial charge in [-0.2, -0.15) is 0 Å². The van der Waals surface area contributed by atoms with Crippen LogP contribution in [-0.2, 0) is 0 Å². The Hall–Kier alpha value is -2.16. The molecule has 0 spiro atoms. The maximum atomic E-state index is 13.5. The van der Waals surface area contributed by atoms with E-state index in [2.05, 4.69) is 10.2 Å². The molecule has 3 heterocycles. The molecule has 1 aliphatic carbocycles. The van der Waals surface area contributed by atoms with Gasteiger partial charge in [0.25, 0.3) is 11.4 Å². The molecule has 5 rings (SSSR count). The molecule has 4 aromatic rings. The normalized spacial score (nSPS) is 16.1. The van der Waals surface area contributed by atoms with Crippen LogP contribution >= 0.6 is 34.7 Å². The fourth-order valence-corrected chi connectivity index (χ4v) is 5.82. The zero-order chi connectivity index (χ0) is 21.4. The van der Waals surface area contributed by atoms with Gasteiger partial charge in [-0.25, -0.2) is 4.98 Å². The summed E-state index contributed by atoms with van der Waals surface area (Å²) in [7, 11) is 0. The van der Waals surface area contributed by atoms with Crippen LogP contribution in [0.3, 0.4) is 0 Å². The molecule has 1 aliphatic rings. The van der Waals surface area contributed by atoms with Crippen LogP contribution in [0.15, 0.2) is 50.1 Å². The van der Waals surface area contributed by atoms with E-state index >= 15 is 0 Å². The van der Waals surface area contributed by atoms with Crippen LogP contribution in [0.4, 0.5) is 0 Å². The molecule has 9 heteroatoms. The van der Waals surface area contributed by atoms with Crippen molar-refractivity contribution in [1.29, 1.82) is 0 Å². The van der Waals surface area contributed by atoms with Crippen LogP contribution in [0.2, 0.25) is 5.02 Å². The summed E-state index contributed by atoms with van der Waals surface area (Å²) in [4.78, 5) is 19.2. The summed E-state index contributed by atoms with van der Waals surface area (Å²) in [6, 6.07) is 9.34. The molecule has 1 aromatic carbocycles. The highest BCUT2D eigenvalue weighted by atomic mass is 35.5. The topological polar surface area (TPSA) is 73.8 Å². The predicted molar refractivity (Wildman–Crippen MR) is 125 cm³/mol. The molecule has 0 unspecified atom stereocenters. The summed E-state index contributed by atoms with van der Waals surface area (Å²) >= 11 is 9.21. The first-order chi connectivity index (χ1) is 15.1. The van der Waals surface area contributed by atoms with Crippen molar-refractivity contribution < 1.29 is 4.42 Å². The molecule has 0 saturated heterocycles. The molecule has 0 radical (unpaired) electrons. The molecule has 1 saturated carbocycles. The number of hydrogen-bond acceptors (Lipinski definition) is 7. The quantitative estimate of drug-likeness (QED) is 0.243. The summed E-state index contributed by atoms with van der Waals surface area (Å²) in [5.41, 5.74) is 0.608. The minimum atomic E-state index is -0.153. The second kappa shape index (κ2) is 8.76.